The Morgan fingerprint density at radius 3 is 2.29 bits per heavy atom. The van der Waals surface area contributed by atoms with Crippen LogP contribution >= 0.6 is 11.6 Å². The van der Waals surface area contributed by atoms with E-state index >= 15 is 0 Å². The van der Waals surface area contributed by atoms with Crippen LogP contribution in [0.1, 0.15) is 33.9 Å². The molecule has 1 amide bonds. The van der Waals surface area contributed by atoms with Gasteiger partial charge in [0.2, 0.25) is 0 Å². The molecule has 7 heteroatoms. The van der Waals surface area contributed by atoms with Crippen molar-refractivity contribution in [1.29, 1.82) is 0 Å². The predicted octanol–water partition coefficient (Wildman–Crippen LogP) is 5.61. The van der Waals surface area contributed by atoms with Gasteiger partial charge in [-0.1, -0.05) is 23.7 Å². The van der Waals surface area contributed by atoms with E-state index in [9.17, 15) is 19.8 Å². The van der Waals surface area contributed by atoms with E-state index in [1.54, 1.807) is 37.4 Å². The fourth-order valence-electron chi connectivity index (χ4n) is 4.16. The van der Waals surface area contributed by atoms with Gasteiger partial charge in [0.1, 0.15) is 17.3 Å². The van der Waals surface area contributed by atoms with Crippen LogP contribution in [0.25, 0.3) is 5.76 Å². The zero-order valence-electron chi connectivity index (χ0n) is 19.2. The first-order valence-electron chi connectivity index (χ1n) is 10.7. The summed E-state index contributed by atoms with van der Waals surface area (Å²) in [5.74, 6) is -1.36. The number of amides is 1. The summed E-state index contributed by atoms with van der Waals surface area (Å²) in [6.45, 7) is 5.69. The minimum atomic E-state index is -0.942. The van der Waals surface area contributed by atoms with Crippen molar-refractivity contribution in [1.82, 2.24) is 0 Å². The molecular weight excluding hydrogens is 454 g/mol. The number of ketones is 1. The average Bonchev–Trinajstić information content (AvgIpc) is 3.07. The van der Waals surface area contributed by atoms with Crippen molar-refractivity contribution in [2.75, 3.05) is 12.0 Å². The molecule has 1 aliphatic heterocycles. The summed E-state index contributed by atoms with van der Waals surface area (Å²) in [5, 5.41) is 21.3. The smallest absolute Gasteiger partial charge is 0.300 e. The average molecular weight is 478 g/mol. The number of nitrogens with zero attached hydrogens (tertiary/aromatic N) is 1. The lowest BCUT2D eigenvalue weighted by atomic mass is 9.94. The number of halogens is 1. The summed E-state index contributed by atoms with van der Waals surface area (Å²) >= 11 is 6.17. The predicted molar refractivity (Wildman–Crippen MR) is 132 cm³/mol. The van der Waals surface area contributed by atoms with Gasteiger partial charge in [-0.3, -0.25) is 14.5 Å². The molecule has 0 radical (unpaired) electrons. The lowest BCUT2D eigenvalue weighted by molar-refractivity contribution is -0.132. The summed E-state index contributed by atoms with van der Waals surface area (Å²) in [4.78, 5) is 27.9. The molecule has 3 aromatic rings. The number of carbonyl (C=O) groups excluding carboxylic acids is 2. The molecule has 0 spiro atoms. The molecule has 1 fully saturated rings. The Hall–Kier alpha value is -3.77. The number of aliphatic hydroxyl groups is 1. The lowest BCUT2D eigenvalue weighted by Crippen LogP contribution is -2.29. The number of anilines is 1. The van der Waals surface area contributed by atoms with Crippen molar-refractivity contribution in [2.24, 2.45) is 0 Å². The van der Waals surface area contributed by atoms with Gasteiger partial charge in [0, 0.05) is 11.3 Å². The summed E-state index contributed by atoms with van der Waals surface area (Å²) < 4.78 is 5.29. The van der Waals surface area contributed by atoms with E-state index in [0.717, 1.165) is 16.7 Å². The van der Waals surface area contributed by atoms with Crippen molar-refractivity contribution < 1.29 is 24.5 Å². The number of hydrogen-bond acceptors (Lipinski definition) is 5. The molecule has 2 N–H and O–H groups in total. The normalized spacial score (nSPS) is 17.3. The number of phenols is 1. The number of methoxy groups -OCH3 is 1. The van der Waals surface area contributed by atoms with Crippen LogP contribution in [0.4, 0.5) is 5.69 Å². The topological polar surface area (TPSA) is 87.1 Å². The second kappa shape index (κ2) is 8.88. The molecule has 1 aliphatic rings. The fourth-order valence-corrected chi connectivity index (χ4v) is 4.35. The number of hydrogen-bond donors (Lipinski definition) is 2. The molecule has 1 heterocycles. The van der Waals surface area contributed by atoms with Crippen LogP contribution in [0.3, 0.4) is 0 Å². The van der Waals surface area contributed by atoms with Crippen LogP contribution in [-0.4, -0.2) is 29.0 Å². The van der Waals surface area contributed by atoms with E-state index in [0.29, 0.717) is 22.6 Å². The van der Waals surface area contributed by atoms with Crippen LogP contribution in [0.15, 0.2) is 60.2 Å². The number of aliphatic hydroxyl groups excluding tert-OH is 1. The SMILES string of the molecule is COc1ccc(/C(O)=C2\C(=O)C(=O)N(c3ccc(C)c(C)c3)C2c2ccc(O)c(Cl)c2)cc1C. The largest absolute Gasteiger partial charge is 0.507 e. The molecule has 6 nitrogen and oxygen atoms in total. The minimum absolute atomic E-state index is 0.0606. The van der Waals surface area contributed by atoms with E-state index in [1.165, 1.54) is 17.0 Å². The standard InChI is InChI=1S/C27H24ClNO5/c1-14-5-8-19(12-15(14)2)29-24(17-6-9-21(30)20(28)13-17)23(26(32)27(29)33)25(31)18-7-10-22(34-4)16(3)11-18/h5-13,24,30-31H,1-4H3/b25-23+. The molecule has 1 atom stereocenters. The van der Waals surface area contributed by atoms with Gasteiger partial charge in [-0.25, -0.2) is 0 Å². The van der Waals surface area contributed by atoms with E-state index in [1.807, 2.05) is 32.9 Å². The number of rotatable bonds is 4. The van der Waals surface area contributed by atoms with Crippen LogP contribution in [0.5, 0.6) is 11.5 Å². The van der Waals surface area contributed by atoms with Gasteiger partial charge in [-0.2, -0.15) is 0 Å². The zero-order chi connectivity index (χ0) is 24.7. The summed E-state index contributed by atoms with van der Waals surface area (Å²) in [5.41, 5.74) is 4.07. The Balaban J connectivity index is 1.97. The van der Waals surface area contributed by atoms with Gasteiger partial charge in [0.05, 0.1) is 23.7 Å². The van der Waals surface area contributed by atoms with Gasteiger partial charge in [0.15, 0.2) is 0 Å². The Morgan fingerprint density at radius 2 is 1.68 bits per heavy atom. The second-order valence-electron chi connectivity index (χ2n) is 8.33. The van der Waals surface area contributed by atoms with Crippen molar-refractivity contribution in [3.8, 4) is 11.5 Å². The van der Waals surface area contributed by atoms with Gasteiger partial charge in [-0.15, -0.1) is 0 Å². The van der Waals surface area contributed by atoms with E-state index in [4.69, 9.17) is 16.3 Å². The number of carbonyl (C=O) groups is 2. The highest BCUT2D eigenvalue weighted by Crippen LogP contribution is 2.44. The zero-order valence-corrected chi connectivity index (χ0v) is 20.0. The Kier molecular flexibility index (Phi) is 6.11. The molecule has 0 bridgehead atoms. The number of benzene rings is 3. The maximum absolute atomic E-state index is 13.3. The van der Waals surface area contributed by atoms with Crippen molar-refractivity contribution in [3.05, 3.63) is 93.0 Å². The van der Waals surface area contributed by atoms with Crippen molar-refractivity contribution >= 4 is 34.7 Å². The van der Waals surface area contributed by atoms with Gasteiger partial charge in [-0.05, 0) is 85.5 Å². The molecular formula is C27H24ClNO5. The second-order valence-corrected chi connectivity index (χ2v) is 8.74. The molecule has 1 saturated heterocycles. The number of aryl methyl sites for hydroxylation is 3. The van der Waals surface area contributed by atoms with Crippen molar-refractivity contribution in [3.63, 3.8) is 0 Å². The third-order valence-electron chi connectivity index (χ3n) is 6.17. The summed E-state index contributed by atoms with van der Waals surface area (Å²) in [6.07, 6.45) is 0. The van der Waals surface area contributed by atoms with Gasteiger partial charge >= 0.3 is 0 Å². The van der Waals surface area contributed by atoms with Crippen LogP contribution in [-0.2, 0) is 9.59 Å². The minimum Gasteiger partial charge on any atom is -0.507 e. The molecule has 4 rings (SSSR count). The van der Waals surface area contributed by atoms with Crippen LogP contribution < -0.4 is 9.64 Å². The molecule has 3 aromatic carbocycles. The Labute approximate surface area is 202 Å². The number of Topliss-reactive ketones (excluding diaryl/α,β-unsaturated/α-hetero) is 1. The first kappa shape index (κ1) is 23.4. The number of ether oxygens (including phenoxy) is 1. The van der Waals surface area contributed by atoms with E-state index < -0.39 is 17.7 Å². The number of phenolic OH excluding ortho intramolecular Hbond substituents is 1. The molecule has 0 aliphatic carbocycles. The Morgan fingerprint density at radius 1 is 0.941 bits per heavy atom. The third kappa shape index (κ3) is 3.90. The first-order chi connectivity index (χ1) is 16.1. The molecule has 174 valence electrons. The van der Waals surface area contributed by atoms with Gasteiger partial charge < -0.3 is 14.9 Å². The first-order valence-corrected chi connectivity index (χ1v) is 11.0. The van der Waals surface area contributed by atoms with Crippen LogP contribution in [0.2, 0.25) is 5.02 Å². The monoisotopic (exact) mass is 477 g/mol. The highest BCUT2D eigenvalue weighted by Gasteiger charge is 2.47. The molecule has 0 aromatic heterocycles. The summed E-state index contributed by atoms with van der Waals surface area (Å²) in [6, 6.07) is 14.0. The highest BCUT2D eigenvalue weighted by molar-refractivity contribution is 6.51. The van der Waals surface area contributed by atoms with Crippen LogP contribution in [0, 0.1) is 20.8 Å². The number of aromatic hydroxyl groups is 1. The molecule has 1 unspecified atom stereocenters. The fraction of sp³-hybridized carbons (Fsp3) is 0.185. The van der Waals surface area contributed by atoms with Gasteiger partial charge in [0.25, 0.3) is 11.7 Å². The lowest BCUT2D eigenvalue weighted by Gasteiger charge is -2.26. The van der Waals surface area contributed by atoms with E-state index in [-0.39, 0.29) is 22.1 Å². The molecule has 0 saturated carbocycles. The summed E-state index contributed by atoms with van der Waals surface area (Å²) in [7, 11) is 1.55. The van der Waals surface area contributed by atoms with E-state index in [2.05, 4.69) is 0 Å². The Bertz CT molecular complexity index is 1360. The van der Waals surface area contributed by atoms with Crippen molar-refractivity contribution in [2.45, 2.75) is 26.8 Å². The highest BCUT2D eigenvalue weighted by atomic mass is 35.5. The molecule has 34 heavy (non-hydrogen) atoms. The maximum Gasteiger partial charge on any atom is 0.300 e. The maximum atomic E-state index is 13.3. The third-order valence-corrected chi connectivity index (χ3v) is 6.47. The quantitative estimate of drug-likeness (QED) is 0.290.